The van der Waals surface area contributed by atoms with Gasteiger partial charge in [0.05, 0.1) is 0 Å². The van der Waals surface area contributed by atoms with Gasteiger partial charge in [0.25, 0.3) is 0 Å². The fourth-order valence-electron chi connectivity index (χ4n) is 3.19. The molecule has 0 aromatic rings. The lowest BCUT2D eigenvalue weighted by molar-refractivity contribution is 0.282. The maximum Gasteiger partial charge on any atom is 0.0431 e. The highest BCUT2D eigenvalue weighted by molar-refractivity contribution is 4.50. The van der Waals surface area contributed by atoms with Crippen molar-refractivity contribution in [2.24, 2.45) is 0 Å². The van der Waals surface area contributed by atoms with E-state index >= 15 is 0 Å². The highest BCUT2D eigenvalue weighted by Crippen LogP contribution is 2.14. The second kappa shape index (κ2) is 21.0. The second-order valence-corrected chi connectivity index (χ2v) is 7.09. The average Bonchev–Trinajstić information content (AvgIpc) is 2.54. The molecule has 1 nitrogen and oxygen atoms in total. The van der Waals surface area contributed by atoms with E-state index in [4.69, 9.17) is 5.11 Å². The third-order valence-electron chi connectivity index (χ3n) is 4.76. The standard InChI is InChI=1S/C21H44O/c1-2-3-4-5-6-7-8-9-10-11-12-13-14-15-16-17-18-19-20-21-22/h22H,2-21H2,1H3. The minimum Gasteiger partial charge on any atom is -0.396 e. The molecule has 0 spiro atoms. The van der Waals surface area contributed by atoms with Crippen LogP contribution < -0.4 is 0 Å². The van der Waals surface area contributed by atoms with E-state index in [2.05, 4.69) is 6.92 Å². The van der Waals surface area contributed by atoms with Crippen LogP contribution in [0.4, 0.5) is 0 Å². The van der Waals surface area contributed by atoms with Gasteiger partial charge in [-0.05, 0) is 6.42 Å². The third kappa shape index (κ3) is 20.0. The Morgan fingerprint density at radius 3 is 0.818 bits per heavy atom. The first-order valence-corrected chi connectivity index (χ1v) is 10.5. The fourth-order valence-corrected chi connectivity index (χ4v) is 3.19. The monoisotopic (exact) mass is 312 g/mol. The Labute approximate surface area is 141 Å². The Kier molecular flexibility index (Phi) is 20.9. The van der Waals surface area contributed by atoms with Crippen molar-refractivity contribution in [1.82, 2.24) is 0 Å². The highest BCUT2D eigenvalue weighted by Gasteiger charge is 1.94. The van der Waals surface area contributed by atoms with Crippen LogP contribution in [0.25, 0.3) is 0 Å². The minimum absolute atomic E-state index is 0.374. The maximum atomic E-state index is 8.70. The van der Waals surface area contributed by atoms with Crippen molar-refractivity contribution in [3.05, 3.63) is 0 Å². The largest absolute Gasteiger partial charge is 0.396 e. The SMILES string of the molecule is CCCCCCCCCCCCCCCCCCCCCO. The normalized spacial score (nSPS) is 11.2. The van der Waals surface area contributed by atoms with Gasteiger partial charge in [0, 0.05) is 6.61 Å². The lowest BCUT2D eigenvalue weighted by atomic mass is 10.0. The summed E-state index contributed by atoms with van der Waals surface area (Å²) in [4.78, 5) is 0. The molecule has 22 heavy (non-hydrogen) atoms. The van der Waals surface area contributed by atoms with E-state index in [1.165, 1.54) is 116 Å². The van der Waals surface area contributed by atoms with Gasteiger partial charge in [0.1, 0.15) is 0 Å². The van der Waals surface area contributed by atoms with Gasteiger partial charge in [-0.25, -0.2) is 0 Å². The second-order valence-electron chi connectivity index (χ2n) is 7.09. The van der Waals surface area contributed by atoms with Gasteiger partial charge in [-0.3, -0.25) is 0 Å². The van der Waals surface area contributed by atoms with Crippen molar-refractivity contribution >= 4 is 0 Å². The first-order chi connectivity index (χ1) is 10.9. The number of rotatable bonds is 19. The maximum absolute atomic E-state index is 8.70. The summed E-state index contributed by atoms with van der Waals surface area (Å²) in [6.07, 6.45) is 26.6. The molecule has 0 atom stereocenters. The Morgan fingerprint density at radius 1 is 0.364 bits per heavy atom. The Balaban J connectivity index is 2.91. The van der Waals surface area contributed by atoms with Crippen molar-refractivity contribution in [3.8, 4) is 0 Å². The molecule has 0 rings (SSSR count). The molecule has 0 radical (unpaired) electrons. The van der Waals surface area contributed by atoms with Crippen LogP contribution in [0.3, 0.4) is 0 Å². The summed E-state index contributed by atoms with van der Waals surface area (Å²) in [5.41, 5.74) is 0. The van der Waals surface area contributed by atoms with Crippen LogP contribution in [0.5, 0.6) is 0 Å². The van der Waals surface area contributed by atoms with Gasteiger partial charge in [-0.15, -0.1) is 0 Å². The molecule has 1 N–H and O–H groups in total. The van der Waals surface area contributed by atoms with E-state index in [0.29, 0.717) is 6.61 Å². The molecule has 0 heterocycles. The summed E-state index contributed by atoms with van der Waals surface area (Å²) < 4.78 is 0. The summed E-state index contributed by atoms with van der Waals surface area (Å²) in [5, 5.41) is 8.70. The minimum atomic E-state index is 0.374. The summed E-state index contributed by atoms with van der Waals surface area (Å²) in [6, 6.07) is 0. The van der Waals surface area contributed by atoms with Crippen molar-refractivity contribution in [2.75, 3.05) is 6.61 Å². The number of aliphatic hydroxyl groups is 1. The molecule has 0 unspecified atom stereocenters. The summed E-state index contributed by atoms with van der Waals surface area (Å²) in [5.74, 6) is 0. The van der Waals surface area contributed by atoms with Crippen molar-refractivity contribution in [1.29, 1.82) is 0 Å². The average molecular weight is 313 g/mol. The number of aliphatic hydroxyl groups excluding tert-OH is 1. The number of unbranched alkanes of at least 4 members (excludes halogenated alkanes) is 18. The molecule has 134 valence electrons. The predicted molar refractivity (Wildman–Crippen MR) is 100 cm³/mol. The lowest BCUT2D eigenvalue weighted by Crippen LogP contribution is -1.85. The van der Waals surface area contributed by atoms with Gasteiger partial charge in [0.2, 0.25) is 0 Å². The van der Waals surface area contributed by atoms with Gasteiger partial charge in [-0.1, -0.05) is 122 Å². The predicted octanol–water partition coefficient (Wildman–Crippen LogP) is 7.41. The van der Waals surface area contributed by atoms with E-state index in [0.717, 1.165) is 6.42 Å². The van der Waals surface area contributed by atoms with Crippen LogP contribution in [0.2, 0.25) is 0 Å². The molecular formula is C21H44O. The molecule has 1 heteroatoms. The van der Waals surface area contributed by atoms with E-state index in [-0.39, 0.29) is 0 Å². The van der Waals surface area contributed by atoms with Gasteiger partial charge in [-0.2, -0.15) is 0 Å². The van der Waals surface area contributed by atoms with Crippen LogP contribution in [-0.2, 0) is 0 Å². The van der Waals surface area contributed by atoms with Crippen molar-refractivity contribution in [2.45, 2.75) is 129 Å². The summed E-state index contributed by atoms with van der Waals surface area (Å²) >= 11 is 0. The van der Waals surface area contributed by atoms with Gasteiger partial charge in [0.15, 0.2) is 0 Å². The van der Waals surface area contributed by atoms with E-state index in [9.17, 15) is 0 Å². The molecule has 0 saturated carbocycles. The van der Waals surface area contributed by atoms with Crippen LogP contribution in [-0.4, -0.2) is 11.7 Å². The summed E-state index contributed by atoms with van der Waals surface area (Å²) in [7, 11) is 0. The van der Waals surface area contributed by atoms with E-state index < -0.39 is 0 Å². The van der Waals surface area contributed by atoms with Crippen LogP contribution >= 0.6 is 0 Å². The molecule has 0 amide bonds. The molecule has 0 aromatic carbocycles. The molecule has 0 aromatic heterocycles. The molecule has 0 saturated heterocycles. The zero-order valence-corrected chi connectivity index (χ0v) is 15.6. The molecule has 0 aliphatic rings. The first kappa shape index (κ1) is 22.0. The van der Waals surface area contributed by atoms with Crippen LogP contribution in [0, 0.1) is 0 Å². The Morgan fingerprint density at radius 2 is 0.591 bits per heavy atom. The zero-order valence-electron chi connectivity index (χ0n) is 15.6. The highest BCUT2D eigenvalue weighted by atomic mass is 16.2. The number of hydrogen-bond acceptors (Lipinski definition) is 1. The molecule has 0 fully saturated rings. The quantitative estimate of drug-likeness (QED) is 0.246. The van der Waals surface area contributed by atoms with Crippen LogP contribution in [0.1, 0.15) is 129 Å². The smallest absolute Gasteiger partial charge is 0.0431 e. The molecular weight excluding hydrogens is 268 g/mol. The summed E-state index contributed by atoms with van der Waals surface area (Å²) in [6.45, 7) is 2.66. The molecule has 0 aliphatic heterocycles. The zero-order chi connectivity index (χ0) is 16.1. The van der Waals surface area contributed by atoms with Crippen molar-refractivity contribution in [3.63, 3.8) is 0 Å². The topological polar surface area (TPSA) is 20.2 Å². The lowest BCUT2D eigenvalue weighted by Gasteiger charge is -2.03. The van der Waals surface area contributed by atoms with Gasteiger partial charge >= 0.3 is 0 Å². The number of hydrogen-bond donors (Lipinski definition) is 1. The van der Waals surface area contributed by atoms with E-state index in [1.807, 2.05) is 0 Å². The van der Waals surface area contributed by atoms with Crippen LogP contribution in [0.15, 0.2) is 0 Å². The molecule has 0 aliphatic carbocycles. The Bertz CT molecular complexity index is 159. The van der Waals surface area contributed by atoms with E-state index in [1.54, 1.807) is 0 Å². The fraction of sp³-hybridized carbons (Fsp3) is 1.00. The van der Waals surface area contributed by atoms with Gasteiger partial charge < -0.3 is 5.11 Å². The molecule has 0 bridgehead atoms. The van der Waals surface area contributed by atoms with Crippen molar-refractivity contribution < 1.29 is 5.11 Å². The third-order valence-corrected chi connectivity index (χ3v) is 4.76. The first-order valence-electron chi connectivity index (χ1n) is 10.5. The Hall–Kier alpha value is -0.0400.